The molecule has 0 aromatic rings. The molecule has 0 fully saturated rings. The van der Waals surface area contributed by atoms with E-state index in [4.69, 9.17) is 15.9 Å². The van der Waals surface area contributed by atoms with Crippen molar-refractivity contribution in [3.63, 3.8) is 0 Å². The van der Waals surface area contributed by atoms with Crippen LogP contribution in [0.4, 0.5) is 0 Å². The molecule has 9 nitrogen and oxygen atoms in total. The molecule has 0 heterocycles. The standard InChI is InChI=1S/C8H13N3O6S/c9-4(7(13)14)1-2-6(12)10-5(8(15)16)3-18-11-17/h4-5H,1-3,9H2,(H,10,12)(H,13,14)(H,15,16)/t4-,5+/m1/s1. The second-order valence-electron chi connectivity index (χ2n) is 3.31. The molecule has 0 aromatic carbocycles. The second-order valence-corrected chi connectivity index (χ2v) is 4.05. The van der Waals surface area contributed by atoms with Crippen molar-refractivity contribution in [2.45, 2.75) is 24.9 Å². The molecule has 0 aliphatic carbocycles. The van der Waals surface area contributed by atoms with Gasteiger partial charge in [-0.1, -0.05) is 0 Å². The van der Waals surface area contributed by atoms with Gasteiger partial charge in [0.15, 0.2) is 0 Å². The zero-order chi connectivity index (χ0) is 14.1. The largest absolute Gasteiger partial charge is 0.480 e. The first-order valence-corrected chi connectivity index (χ1v) is 5.78. The van der Waals surface area contributed by atoms with Gasteiger partial charge in [-0.3, -0.25) is 9.59 Å². The Hall–Kier alpha value is -1.68. The van der Waals surface area contributed by atoms with Gasteiger partial charge in [-0.15, -0.1) is 4.91 Å². The van der Waals surface area contributed by atoms with Crippen molar-refractivity contribution in [3.05, 3.63) is 4.91 Å². The number of hydrogen-bond acceptors (Lipinski definition) is 7. The first-order valence-electron chi connectivity index (χ1n) is 4.83. The Balaban J connectivity index is 4.13. The number of amides is 1. The molecule has 102 valence electrons. The highest BCUT2D eigenvalue weighted by molar-refractivity contribution is 7.97. The summed E-state index contributed by atoms with van der Waals surface area (Å²) in [6.07, 6.45) is -0.316. The Morgan fingerprint density at radius 2 is 1.89 bits per heavy atom. The summed E-state index contributed by atoms with van der Waals surface area (Å²) in [6, 6.07) is -2.42. The van der Waals surface area contributed by atoms with Crippen molar-refractivity contribution in [2.24, 2.45) is 10.3 Å². The summed E-state index contributed by atoms with van der Waals surface area (Å²) in [5, 5.41) is 19.3. The van der Waals surface area contributed by atoms with Crippen molar-refractivity contribution in [3.8, 4) is 0 Å². The van der Waals surface area contributed by atoms with E-state index >= 15 is 0 Å². The molecule has 5 N–H and O–H groups in total. The molecule has 0 bridgehead atoms. The van der Waals surface area contributed by atoms with Gasteiger partial charge in [-0.05, 0) is 6.42 Å². The highest BCUT2D eigenvalue weighted by Gasteiger charge is 2.21. The fraction of sp³-hybridized carbons (Fsp3) is 0.625. The van der Waals surface area contributed by atoms with Crippen LogP contribution in [0.5, 0.6) is 0 Å². The minimum absolute atomic E-state index is 0.105. The molecule has 0 aromatic heterocycles. The van der Waals surface area contributed by atoms with Crippen molar-refractivity contribution in [1.29, 1.82) is 0 Å². The predicted molar refractivity (Wildman–Crippen MR) is 62.7 cm³/mol. The highest BCUT2D eigenvalue weighted by atomic mass is 32.2. The van der Waals surface area contributed by atoms with Gasteiger partial charge in [0.05, 0.1) is 0 Å². The first-order chi connectivity index (χ1) is 8.38. The topological polar surface area (TPSA) is 159 Å². The minimum Gasteiger partial charge on any atom is -0.480 e. The maximum Gasteiger partial charge on any atom is 0.327 e. The number of nitrogens with two attached hydrogens (primary N) is 1. The van der Waals surface area contributed by atoms with Crippen LogP contribution >= 0.6 is 11.9 Å². The fourth-order valence-corrected chi connectivity index (χ4v) is 1.39. The van der Waals surface area contributed by atoms with E-state index in [0.717, 1.165) is 0 Å². The molecule has 0 aliphatic rings. The van der Waals surface area contributed by atoms with E-state index in [2.05, 4.69) is 9.90 Å². The quantitative estimate of drug-likeness (QED) is 0.314. The summed E-state index contributed by atoms with van der Waals surface area (Å²) in [6.45, 7) is 0. The van der Waals surface area contributed by atoms with E-state index in [0.29, 0.717) is 11.9 Å². The average molecular weight is 279 g/mol. The van der Waals surface area contributed by atoms with Crippen LogP contribution in [0.25, 0.3) is 0 Å². The Labute approximate surface area is 106 Å². The van der Waals surface area contributed by atoms with Crippen molar-refractivity contribution in [2.75, 3.05) is 5.75 Å². The molecule has 0 aliphatic heterocycles. The summed E-state index contributed by atoms with van der Waals surface area (Å²) in [4.78, 5) is 42.2. The number of carboxylic acid groups (broad SMARTS) is 2. The number of carbonyl (C=O) groups is 3. The molecule has 0 saturated heterocycles. The van der Waals surface area contributed by atoms with Gasteiger partial charge in [-0.2, -0.15) is 0 Å². The van der Waals surface area contributed by atoms with Crippen LogP contribution < -0.4 is 11.1 Å². The number of nitrogens with zero attached hydrogens (tertiary/aromatic N) is 1. The third-order valence-corrected chi connectivity index (χ3v) is 2.51. The van der Waals surface area contributed by atoms with Crippen molar-refractivity contribution >= 4 is 29.8 Å². The number of nitrogens with one attached hydrogen (secondary N) is 1. The van der Waals surface area contributed by atoms with Gasteiger partial charge in [-0.25, -0.2) is 4.79 Å². The van der Waals surface area contributed by atoms with E-state index in [-0.39, 0.29) is 18.6 Å². The van der Waals surface area contributed by atoms with E-state index in [1.165, 1.54) is 0 Å². The van der Waals surface area contributed by atoms with Crippen LogP contribution in [-0.4, -0.2) is 45.9 Å². The van der Waals surface area contributed by atoms with Crippen molar-refractivity contribution < 1.29 is 24.6 Å². The molecular weight excluding hydrogens is 266 g/mol. The summed E-state index contributed by atoms with van der Waals surface area (Å²) in [5.41, 5.74) is 5.18. The van der Waals surface area contributed by atoms with Crippen LogP contribution in [0.2, 0.25) is 0 Å². The van der Waals surface area contributed by atoms with Crippen LogP contribution in [-0.2, 0) is 14.4 Å². The summed E-state index contributed by atoms with van der Waals surface area (Å²) >= 11 is 0.471. The van der Waals surface area contributed by atoms with E-state index in [9.17, 15) is 19.3 Å². The molecule has 0 radical (unpaired) electrons. The van der Waals surface area contributed by atoms with Gasteiger partial charge < -0.3 is 21.3 Å². The van der Waals surface area contributed by atoms with Gasteiger partial charge in [0.1, 0.15) is 12.1 Å². The number of carboxylic acids is 2. The molecule has 0 saturated carbocycles. The molecule has 2 atom stereocenters. The Morgan fingerprint density at radius 3 is 2.33 bits per heavy atom. The molecule has 10 heteroatoms. The lowest BCUT2D eigenvalue weighted by atomic mass is 10.1. The molecule has 18 heavy (non-hydrogen) atoms. The highest BCUT2D eigenvalue weighted by Crippen LogP contribution is 2.04. The van der Waals surface area contributed by atoms with E-state index < -0.39 is 29.9 Å². The maximum atomic E-state index is 11.3. The number of rotatable bonds is 9. The smallest absolute Gasteiger partial charge is 0.327 e. The molecule has 0 rings (SSSR count). The van der Waals surface area contributed by atoms with Crippen molar-refractivity contribution in [1.82, 2.24) is 5.32 Å². The van der Waals surface area contributed by atoms with Gasteiger partial charge in [0.25, 0.3) is 0 Å². The summed E-state index contributed by atoms with van der Waals surface area (Å²) in [5.74, 6) is -3.39. The molecule has 0 spiro atoms. The maximum absolute atomic E-state index is 11.3. The second kappa shape index (κ2) is 8.42. The zero-order valence-electron chi connectivity index (χ0n) is 9.24. The monoisotopic (exact) mass is 279 g/mol. The van der Waals surface area contributed by atoms with E-state index in [1.807, 2.05) is 0 Å². The third-order valence-electron chi connectivity index (χ3n) is 1.93. The predicted octanol–water partition coefficient (Wildman–Crippen LogP) is -0.837. The van der Waals surface area contributed by atoms with Gasteiger partial charge in [0, 0.05) is 28.7 Å². The Morgan fingerprint density at radius 1 is 1.28 bits per heavy atom. The molecule has 0 unspecified atom stereocenters. The number of nitroso groups, excluding NO2 is 1. The normalized spacial score (nSPS) is 13.4. The summed E-state index contributed by atoms with van der Waals surface area (Å²) < 4.78 is 2.42. The van der Waals surface area contributed by atoms with Crippen LogP contribution in [0.3, 0.4) is 0 Å². The van der Waals surface area contributed by atoms with E-state index in [1.54, 1.807) is 0 Å². The SMILES string of the molecule is N[C@H](CCC(=O)N[C@@H](CSN=O)C(=O)O)C(=O)O. The lowest BCUT2D eigenvalue weighted by molar-refractivity contribution is -0.141. The van der Waals surface area contributed by atoms with Gasteiger partial charge in [0.2, 0.25) is 5.91 Å². The fourth-order valence-electron chi connectivity index (χ4n) is 0.956. The van der Waals surface area contributed by atoms with Crippen LogP contribution in [0, 0.1) is 4.91 Å². The number of carbonyl (C=O) groups excluding carboxylic acids is 1. The Bertz CT molecular complexity index is 337. The Kier molecular flexibility index (Phi) is 7.63. The lowest BCUT2D eigenvalue weighted by Crippen LogP contribution is -2.43. The average Bonchev–Trinajstić information content (AvgIpc) is 2.30. The zero-order valence-corrected chi connectivity index (χ0v) is 10.1. The lowest BCUT2D eigenvalue weighted by Gasteiger charge is -2.12. The van der Waals surface area contributed by atoms with Gasteiger partial charge >= 0.3 is 11.9 Å². The third kappa shape index (κ3) is 6.81. The minimum atomic E-state index is -1.30. The first kappa shape index (κ1) is 16.3. The van der Waals surface area contributed by atoms with Crippen LogP contribution in [0.15, 0.2) is 4.58 Å². The number of aliphatic carboxylic acids is 2. The number of hydrogen-bond donors (Lipinski definition) is 4. The summed E-state index contributed by atoms with van der Waals surface area (Å²) in [7, 11) is 0. The molecule has 1 amide bonds. The van der Waals surface area contributed by atoms with Crippen LogP contribution in [0.1, 0.15) is 12.8 Å². The molecular formula is C8H13N3O6S.